The molecule has 6 heteroatoms. The average Bonchev–Trinajstić information content (AvgIpc) is 2.08. The molecule has 0 saturated heterocycles. The first-order valence-corrected chi connectivity index (χ1v) is 3.66. The molecule has 0 radical (unpaired) electrons. The molecule has 0 aliphatic carbocycles. The van der Waals surface area contributed by atoms with Crippen molar-refractivity contribution in [2.75, 3.05) is 5.73 Å². The lowest BCUT2D eigenvalue weighted by Crippen LogP contribution is -2.21. The standard InChI is InChI=1S/C8H11N5.ClH/c9-7-3-1-6(2-4-7)5-12-13-8(10)11;/h1-5H,9H2,(H4,10,11,13);1H/b12-5+;. The zero-order valence-electron chi connectivity index (χ0n) is 7.42. The Kier molecular flexibility index (Phi) is 5.09. The molecule has 0 aromatic heterocycles. The molecule has 0 bridgehead atoms. The Bertz CT molecular complexity index is 326. The Hall–Kier alpha value is -1.75. The third kappa shape index (κ3) is 4.32. The van der Waals surface area contributed by atoms with Crippen LogP contribution >= 0.6 is 12.4 Å². The summed E-state index contributed by atoms with van der Waals surface area (Å²) < 4.78 is 0. The number of nitrogens with zero attached hydrogens (tertiary/aromatic N) is 2. The zero-order valence-corrected chi connectivity index (χ0v) is 8.24. The van der Waals surface area contributed by atoms with E-state index >= 15 is 0 Å². The molecule has 0 spiro atoms. The van der Waals surface area contributed by atoms with Crippen molar-refractivity contribution in [3.8, 4) is 0 Å². The highest BCUT2D eigenvalue weighted by Crippen LogP contribution is 2.02. The Labute approximate surface area is 88.1 Å². The van der Waals surface area contributed by atoms with Crippen LogP contribution in [0, 0.1) is 0 Å². The minimum Gasteiger partial charge on any atom is -0.399 e. The highest BCUT2D eigenvalue weighted by atomic mass is 35.5. The van der Waals surface area contributed by atoms with Gasteiger partial charge in [0, 0.05) is 5.69 Å². The molecule has 0 fully saturated rings. The molecular weight excluding hydrogens is 202 g/mol. The lowest BCUT2D eigenvalue weighted by molar-refractivity contribution is 1.21. The highest BCUT2D eigenvalue weighted by molar-refractivity contribution is 5.85. The molecule has 14 heavy (non-hydrogen) atoms. The SMILES string of the molecule is Cl.NC(N)=N/N=C/c1ccc(N)cc1. The molecule has 0 heterocycles. The van der Waals surface area contributed by atoms with Gasteiger partial charge in [-0.1, -0.05) is 12.1 Å². The van der Waals surface area contributed by atoms with Gasteiger partial charge < -0.3 is 17.2 Å². The van der Waals surface area contributed by atoms with Crippen LogP contribution in [0.4, 0.5) is 5.69 Å². The quantitative estimate of drug-likeness (QED) is 0.285. The van der Waals surface area contributed by atoms with Gasteiger partial charge in [0.1, 0.15) is 0 Å². The van der Waals surface area contributed by atoms with Crippen LogP contribution in [0.2, 0.25) is 0 Å². The van der Waals surface area contributed by atoms with Crippen LogP contribution in [0.1, 0.15) is 5.56 Å². The van der Waals surface area contributed by atoms with Crippen LogP contribution in [-0.4, -0.2) is 12.2 Å². The molecular formula is C8H12ClN5. The van der Waals surface area contributed by atoms with Gasteiger partial charge in [-0.25, -0.2) is 0 Å². The van der Waals surface area contributed by atoms with Gasteiger partial charge in [0.05, 0.1) is 6.21 Å². The van der Waals surface area contributed by atoms with E-state index in [0.717, 1.165) is 5.56 Å². The monoisotopic (exact) mass is 213 g/mol. The Morgan fingerprint density at radius 3 is 2.21 bits per heavy atom. The molecule has 1 aromatic rings. The van der Waals surface area contributed by atoms with Gasteiger partial charge in [0.15, 0.2) is 0 Å². The summed E-state index contributed by atoms with van der Waals surface area (Å²) in [5, 5.41) is 7.10. The normalized spacial score (nSPS) is 9.43. The van der Waals surface area contributed by atoms with Gasteiger partial charge in [-0.3, -0.25) is 0 Å². The van der Waals surface area contributed by atoms with E-state index in [1.807, 2.05) is 12.1 Å². The lowest BCUT2D eigenvalue weighted by Gasteiger charge is -1.92. The number of nitrogens with two attached hydrogens (primary N) is 3. The summed E-state index contributed by atoms with van der Waals surface area (Å²) in [6, 6.07) is 7.19. The van der Waals surface area contributed by atoms with E-state index in [1.54, 1.807) is 18.3 Å². The van der Waals surface area contributed by atoms with Crippen LogP contribution in [0.3, 0.4) is 0 Å². The predicted octanol–water partition coefficient (Wildman–Crippen LogP) is 0.298. The maximum atomic E-state index is 5.49. The third-order valence-corrected chi connectivity index (χ3v) is 1.32. The summed E-state index contributed by atoms with van der Waals surface area (Å²) >= 11 is 0. The summed E-state index contributed by atoms with van der Waals surface area (Å²) in [4.78, 5) is 0. The van der Waals surface area contributed by atoms with Crippen molar-refractivity contribution < 1.29 is 0 Å². The van der Waals surface area contributed by atoms with Gasteiger partial charge in [0.2, 0.25) is 5.96 Å². The molecule has 6 N–H and O–H groups in total. The van der Waals surface area contributed by atoms with Crippen molar-refractivity contribution in [3.05, 3.63) is 29.8 Å². The predicted molar refractivity (Wildman–Crippen MR) is 61.5 cm³/mol. The molecule has 0 unspecified atom stereocenters. The fraction of sp³-hybridized carbons (Fsp3) is 0. The van der Waals surface area contributed by atoms with Crippen molar-refractivity contribution >= 4 is 30.3 Å². The second-order valence-electron chi connectivity index (χ2n) is 2.44. The lowest BCUT2D eigenvalue weighted by atomic mass is 10.2. The van der Waals surface area contributed by atoms with Crippen LogP contribution in [0.15, 0.2) is 34.5 Å². The van der Waals surface area contributed by atoms with E-state index in [9.17, 15) is 0 Å². The first-order chi connectivity index (χ1) is 6.18. The molecule has 0 aliphatic heterocycles. The minimum absolute atomic E-state index is 0. The van der Waals surface area contributed by atoms with Crippen molar-refractivity contribution in [1.82, 2.24) is 0 Å². The van der Waals surface area contributed by atoms with E-state index in [-0.39, 0.29) is 18.4 Å². The number of benzene rings is 1. The number of hydrogen-bond donors (Lipinski definition) is 3. The second-order valence-corrected chi connectivity index (χ2v) is 2.44. The fourth-order valence-electron chi connectivity index (χ4n) is 0.744. The van der Waals surface area contributed by atoms with Crippen LogP contribution in [0.25, 0.3) is 0 Å². The Balaban J connectivity index is 0.00000169. The molecule has 0 aliphatic rings. The number of anilines is 1. The molecule has 0 saturated carbocycles. The summed E-state index contributed by atoms with van der Waals surface area (Å²) in [5.41, 5.74) is 17.2. The maximum Gasteiger partial charge on any atom is 0.211 e. The Morgan fingerprint density at radius 2 is 1.71 bits per heavy atom. The smallest absolute Gasteiger partial charge is 0.211 e. The fourth-order valence-corrected chi connectivity index (χ4v) is 0.744. The van der Waals surface area contributed by atoms with Crippen LogP contribution < -0.4 is 17.2 Å². The van der Waals surface area contributed by atoms with Gasteiger partial charge in [-0.05, 0) is 17.7 Å². The maximum absolute atomic E-state index is 5.49. The van der Waals surface area contributed by atoms with Crippen molar-refractivity contribution in [1.29, 1.82) is 0 Å². The number of guanidine groups is 1. The summed E-state index contributed by atoms with van der Waals surface area (Å²) in [6.45, 7) is 0. The van der Waals surface area contributed by atoms with E-state index in [0.29, 0.717) is 5.69 Å². The summed E-state index contributed by atoms with van der Waals surface area (Å²) in [6.07, 6.45) is 1.54. The topological polar surface area (TPSA) is 103 Å². The van der Waals surface area contributed by atoms with Crippen molar-refractivity contribution in [3.63, 3.8) is 0 Å². The van der Waals surface area contributed by atoms with Gasteiger partial charge in [-0.15, -0.1) is 17.5 Å². The van der Waals surface area contributed by atoms with E-state index in [1.165, 1.54) is 0 Å². The van der Waals surface area contributed by atoms with E-state index in [4.69, 9.17) is 17.2 Å². The zero-order chi connectivity index (χ0) is 9.68. The van der Waals surface area contributed by atoms with Gasteiger partial charge >= 0.3 is 0 Å². The Morgan fingerprint density at radius 1 is 1.14 bits per heavy atom. The van der Waals surface area contributed by atoms with E-state index in [2.05, 4.69) is 10.2 Å². The third-order valence-electron chi connectivity index (χ3n) is 1.32. The van der Waals surface area contributed by atoms with Gasteiger partial charge in [-0.2, -0.15) is 5.10 Å². The molecule has 1 aromatic carbocycles. The highest BCUT2D eigenvalue weighted by Gasteiger charge is 1.86. The number of rotatable bonds is 2. The second kappa shape index (κ2) is 5.82. The van der Waals surface area contributed by atoms with Crippen LogP contribution in [0.5, 0.6) is 0 Å². The molecule has 5 nitrogen and oxygen atoms in total. The first-order valence-electron chi connectivity index (χ1n) is 3.66. The van der Waals surface area contributed by atoms with Crippen molar-refractivity contribution in [2.24, 2.45) is 21.7 Å². The number of halogens is 1. The molecule has 0 amide bonds. The molecule has 1 rings (SSSR count). The summed E-state index contributed by atoms with van der Waals surface area (Å²) in [5.74, 6) is -0.0632. The molecule has 76 valence electrons. The average molecular weight is 214 g/mol. The van der Waals surface area contributed by atoms with Crippen LogP contribution in [-0.2, 0) is 0 Å². The van der Waals surface area contributed by atoms with E-state index < -0.39 is 0 Å². The molecule has 0 atom stereocenters. The first kappa shape index (κ1) is 12.2. The number of hydrogen-bond acceptors (Lipinski definition) is 3. The summed E-state index contributed by atoms with van der Waals surface area (Å²) in [7, 11) is 0. The van der Waals surface area contributed by atoms with Crippen molar-refractivity contribution in [2.45, 2.75) is 0 Å². The minimum atomic E-state index is -0.0632. The largest absolute Gasteiger partial charge is 0.399 e. The number of nitrogen functional groups attached to an aromatic ring is 1. The van der Waals surface area contributed by atoms with Gasteiger partial charge in [0.25, 0.3) is 0 Å².